The lowest BCUT2D eigenvalue weighted by molar-refractivity contribution is -0.154. The number of aromatic nitrogens is 4. The highest BCUT2D eigenvalue weighted by Crippen LogP contribution is 2.45. The van der Waals surface area contributed by atoms with Gasteiger partial charge in [-0.1, -0.05) is 78.9 Å². The molecule has 3 heterocycles. The number of hydrogen-bond donors (Lipinski definition) is 1. The lowest BCUT2D eigenvalue weighted by Crippen LogP contribution is -2.70. The zero-order valence-electron chi connectivity index (χ0n) is 22.9. The van der Waals surface area contributed by atoms with Crippen LogP contribution < -0.4 is 10.1 Å². The maximum atomic E-state index is 14.0. The fourth-order valence-corrected chi connectivity index (χ4v) is 7.08. The average Bonchev–Trinajstić information content (AvgIpc) is 3.46. The van der Waals surface area contributed by atoms with Gasteiger partial charge in [0.05, 0.1) is 0 Å². The van der Waals surface area contributed by atoms with Gasteiger partial charge in [0.15, 0.2) is 12.7 Å². The number of tetrazole rings is 1. The molecule has 0 aliphatic carbocycles. The highest BCUT2D eigenvalue weighted by atomic mass is 32.2. The molecular formula is C30H26N6O5S2. The number of esters is 1. The van der Waals surface area contributed by atoms with Crippen molar-refractivity contribution in [2.75, 3.05) is 12.4 Å². The van der Waals surface area contributed by atoms with Crippen LogP contribution in [0.4, 0.5) is 0 Å². The zero-order valence-corrected chi connectivity index (χ0v) is 24.5. The molecule has 2 amide bonds. The number of nitrogens with one attached hydrogen (secondary N) is 1. The van der Waals surface area contributed by atoms with Gasteiger partial charge < -0.3 is 14.8 Å². The van der Waals surface area contributed by atoms with Crippen LogP contribution in [0.1, 0.15) is 17.2 Å². The molecule has 2 aliphatic heterocycles. The molecule has 13 heteroatoms. The summed E-state index contributed by atoms with van der Waals surface area (Å²) in [6.45, 7) is -0.244. The Bertz CT molecular complexity index is 1610. The highest BCUT2D eigenvalue weighted by molar-refractivity contribution is 8.06. The van der Waals surface area contributed by atoms with Crippen LogP contribution in [0, 0.1) is 0 Å². The Hall–Kier alpha value is -4.62. The second-order valence-corrected chi connectivity index (χ2v) is 11.8. The van der Waals surface area contributed by atoms with Gasteiger partial charge in [-0.25, -0.2) is 9.48 Å². The lowest BCUT2D eigenvalue weighted by Gasteiger charge is -2.49. The predicted octanol–water partition coefficient (Wildman–Crippen LogP) is 3.33. The molecule has 0 saturated carbocycles. The third-order valence-electron chi connectivity index (χ3n) is 6.78. The van der Waals surface area contributed by atoms with Gasteiger partial charge in [-0.05, 0) is 45.4 Å². The maximum Gasteiger partial charge on any atom is 0.356 e. The number of thioether (sulfide) groups is 2. The van der Waals surface area contributed by atoms with Crippen molar-refractivity contribution in [2.45, 2.75) is 22.7 Å². The molecule has 1 aromatic heterocycles. The van der Waals surface area contributed by atoms with Gasteiger partial charge in [-0.2, -0.15) is 0 Å². The minimum Gasteiger partial charge on any atom is -0.484 e. The van der Waals surface area contributed by atoms with Crippen LogP contribution in [0.25, 0.3) is 0 Å². The number of aryl methyl sites for hydroxylation is 1. The third-order valence-corrected chi connectivity index (χ3v) is 9.36. The number of rotatable bonds is 10. The number of β-lactam (4-membered cyclic amide) rings is 1. The number of para-hydroxylation sites is 1. The van der Waals surface area contributed by atoms with E-state index in [0.717, 1.165) is 11.1 Å². The first-order valence-corrected chi connectivity index (χ1v) is 15.2. The number of carbonyl (C=O) groups excluding carboxylic acids is 3. The Morgan fingerprint density at radius 3 is 2.23 bits per heavy atom. The standard InChI is InChI=1S/C30H26N6O5S2/c1-35-30(32-33-34-35)43-22-18-42-28-24(31-23(37)17-40-21-15-9-4-10-16-21)27(38)36(28)25(22)29(39)41-26(19-11-5-2-6-12-19)20-13-7-3-8-14-20/h2-16,24,26,28H,17-18H2,1H3,(H,31,37)/t24-,28+/m1/s1. The fourth-order valence-electron chi connectivity index (χ4n) is 4.70. The summed E-state index contributed by atoms with van der Waals surface area (Å²) in [5.41, 5.74) is 1.69. The molecule has 0 unspecified atom stereocenters. The van der Waals surface area contributed by atoms with Crippen LogP contribution in [-0.2, 0) is 26.2 Å². The molecule has 0 spiro atoms. The Labute approximate surface area is 255 Å². The summed E-state index contributed by atoms with van der Waals surface area (Å²) < 4.78 is 13.2. The van der Waals surface area contributed by atoms with Crippen molar-refractivity contribution in [1.82, 2.24) is 30.4 Å². The number of ether oxygens (including phenoxy) is 2. The zero-order chi connectivity index (χ0) is 29.8. The second-order valence-electron chi connectivity index (χ2n) is 9.62. The molecule has 11 nitrogen and oxygen atoms in total. The minimum absolute atomic E-state index is 0.115. The summed E-state index contributed by atoms with van der Waals surface area (Å²) in [5, 5.41) is 14.3. The molecule has 0 bridgehead atoms. The molecule has 3 aromatic carbocycles. The lowest BCUT2D eigenvalue weighted by atomic mass is 10.0. The van der Waals surface area contributed by atoms with E-state index in [-0.39, 0.29) is 12.3 Å². The van der Waals surface area contributed by atoms with Crippen molar-refractivity contribution in [3.05, 3.63) is 113 Å². The van der Waals surface area contributed by atoms with Crippen molar-refractivity contribution in [3.8, 4) is 5.75 Å². The molecule has 1 fully saturated rings. The van der Waals surface area contributed by atoms with E-state index < -0.39 is 35.3 Å². The van der Waals surface area contributed by atoms with E-state index in [2.05, 4.69) is 20.8 Å². The molecular weight excluding hydrogens is 589 g/mol. The number of carbonyl (C=O) groups is 3. The van der Waals surface area contributed by atoms with Gasteiger partial charge in [0, 0.05) is 17.7 Å². The van der Waals surface area contributed by atoms with Crippen molar-refractivity contribution in [1.29, 1.82) is 0 Å². The van der Waals surface area contributed by atoms with Crippen LogP contribution in [0.3, 0.4) is 0 Å². The average molecular weight is 615 g/mol. The summed E-state index contributed by atoms with van der Waals surface area (Å²) in [4.78, 5) is 42.2. The Morgan fingerprint density at radius 1 is 1.00 bits per heavy atom. The van der Waals surface area contributed by atoms with Gasteiger partial charge in [-0.15, -0.1) is 16.9 Å². The quantitative estimate of drug-likeness (QED) is 0.210. The molecule has 43 heavy (non-hydrogen) atoms. The van der Waals surface area contributed by atoms with Crippen molar-refractivity contribution < 1.29 is 23.9 Å². The number of nitrogens with zero attached hydrogens (tertiary/aromatic N) is 5. The van der Waals surface area contributed by atoms with Crippen LogP contribution in [0.2, 0.25) is 0 Å². The van der Waals surface area contributed by atoms with Crippen LogP contribution in [0.15, 0.2) is 107 Å². The van der Waals surface area contributed by atoms with Crippen molar-refractivity contribution in [2.24, 2.45) is 7.05 Å². The first kappa shape index (κ1) is 28.5. The van der Waals surface area contributed by atoms with E-state index in [1.54, 1.807) is 31.3 Å². The van der Waals surface area contributed by atoms with Crippen molar-refractivity contribution in [3.63, 3.8) is 0 Å². The monoisotopic (exact) mass is 614 g/mol. The first-order valence-electron chi connectivity index (χ1n) is 13.4. The van der Waals surface area contributed by atoms with Crippen molar-refractivity contribution >= 4 is 41.3 Å². The van der Waals surface area contributed by atoms with Crippen LogP contribution in [0.5, 0.6) is 5.75 Å². The van der Waals surface area contributed by atoms with Gasteiger partial charge in [0.2, 0.25) is 5.16 Å². The van der Waals surface area contributed by atoms with Gasteiger partial charge in [-0.3, -0.25) is 14.5 Å². The number of hydrogen-bond acceptors (Lipinski definition) is 10. The fraction of sp³-hybridized carbons (Fsp3) is 0.200. The maximum absolute atomic E-state index is 14.0. The van der Waals surface area contributed by atoms with Crippen LogP contribution in [-0.4, -0.2) is 66.7 Å². The molecule has 1 saturated heterocycles. The van der Waals surface area contributed by atoms with Gasteiger partial charge >= 0.3 is 5.97 Å². The van der Waals surface area contributed by atoms with Crippen LogP contribution >= 0.6 is 23.5 Å². The van der Waals surface area contributed by atoms with E-state index in [9.17, 15) is 14.4 Å². The Morgan fingerprint density at radius 2 is 1.63 bits per heavy atom. The highest BCUT2D eigenvalue weighted by Gasteiger charge is 2.55. The van der Waals surface area contributed by atoms with Gasteiger partial charge in [0.1, 0.15) is 22.9 Å². The van der Waals surface area contributed by atoms with E-state index in [1.165, 1.54) is 33.1 Å². The van der Waals surface area contributed by atoms with E-state index in [4.69, 9.17) is 9.47 Å². The predicted molar refractivity (Wildman–Crippen MR) is 159 cm³/mol. The molecule has 4 aromatic rings. The Kier molecular flexibility index (Phi) is 8.43. The van der Waals surface area contributed by atoms with E-state index in [0.29, 0.717) is 21.6 Å². The molecule has 1 N–H and O–H groups in total. The second kappa shape index (κ2) is 12.7. The molecule has 218 valence electrons. The van der Waals surface area contributed by atoms with E-state index in [1.807, 2.05) is 66.7 Å². The third kappa shape index (κ3) is 6.13. The molecule has 2 atom stereocenters. The topological polar surface area (TPSA) is 129 Å². The first-order chi connectivity index (χ1) is 21.0. The summed E-state index contributed by atoms with van der Waals surface area (Å²) >= 11 is 2.63. The SMILES string of the molecule is Cn1nnnc1SC1=C(C(=O)OC(c2ccccc2)c2ccccc2)N2C(=O)[C@@H](NC(=O)COc3ccccc3)[C@@H]2SC1. The largest absolute Gasteiger partial charge is 0.484 e. The molecule has 6 rings (SSSR count). The summed E-state index contributed by atoms with van der Waals surface area (Å²) in [6, 6.07) is 27.0. The normalized spacial score (nSPS) is 17.7. The van der Waals surface area contributed by atoms with Gasteiger partial charge in [0.25, 0.3) is 11.8 Å². The number of amides is 2. The summed E-state index contributed by atoms with van der Waals surface area (Å²) in [6.07, 6.45) is -0.708. The summed E-state index contributed by atoms with van der Waals surface area (Å²) in [7, 11) is 1.69. The van der Waals surface area contributed by atoms with E-state index >= 15 is 0 Å². The minimum atomic E-state index is -0.818. The number of benzene rings is 3. The number of fused-ring (bicyclic) bond motifs is 1. The molecule has 2 aliphatic rings. The summed E-state index contributed by atoms with van der Waals surface area (Å²) in [5.74, 6) is -0.585. The Balaban J connectivity index is 1.25. The molecule has 0 radical (unpaired) electrons. The smallest absolute Gasteiger partial charge is 0.356 e.